The molecular formula is C30H36ClN3O6S. The predicted molar refractivity (Wildman–Crippen MR) is 161 cm³/mol. The fourth-order valence-corrected chi connectivity index (χ4v) is 5.40. The lowest BCUT2D eigenvalue weighted by atomic mass is 10.0. The van der Waals surface area contributed by atoms with Crippen LogP contribution in [0, 0.1) is 0 Å². The molecule has 0 spiro atoms. The van der Waals surface area contributed by atoms with Crippen LogP contribution in [0.2, 0.25) is 5.02 Å². The van der Waals surface area contributed by atoms with Crippen molar-refractivity contribution in [3.63, 3.8) is 0 Å². The summed E-state index contributed by atoms with van der Waals surface area (Å²) >= 11 is 6.23. The van der Waals surface area contributed by atoms with E-state index in [2.05, 4.69) is 5.32 Å². The Bertz CT molecular complexity index is 1440. The van der Waals surface area contributed by atoms with Crippen LogP contribution in [-0.4, -0.2) is 64.7 Å². The molecule has 3 aromatic carbocycles. The lowest BCUT2D eigenvalue weighted by Crippen LogP contribution is -2.53. The third kappa shape index (κ3) is 8.86. The van der Waals surface area contributed by atoms with Crippen LogP contribution in [0.4, 0.5) is 5.69 Å². The summed E-state index contributed by atoms with van der Waals surface area (Å²) in [5.41, 5.74) is 1.77. The summed E-state index contributed by atoms with van der Waals surface area (Å²) in [7, 11) is -1.01. The van der Waals surface area contributed by atoms with Crippen LogP contribution in [0.15, 0.2) is 72.8 Å². The summed E-state index contributed by atoms with van der Waals surface area (Å²) in [5, 5.41) is 3.39. The van der Waals surface area contributed by atoms with Crippen molar-refractivity contribution in [3.8, 4) is 11.5 Å². The van der Waals surface area contributed by atoms with E-state index in [0.717, 1.165) is 16.1 Å². The van der Waals surface area contributed by atoms with Gasteiger partial charge in [0, 0.05) is 30.6 Å². The molecule has 0 bridgehead atoms. The molecular weight excluding hydrogens is 566 g/mol. The molecule has 0 aliphatic carbocycles. The number of hydrogen-bond donors (Lipinski definition) is 1. The molecule has 0 fully saturated rings. The number of halogens is 1. The van der Waals surface area contributed by atoms with Gasteiger partial charge in [0.25, 0.3) is 0 Å². The molecule has 0 saturated heterocycles. The van der Waals surface area contributed by atoms with Crippen molar-refractivity contribution in [2.45, 2.75) is 32.4 Å². The standard InChI is InChI=1S/C30H36ClN3O6S/c1-5-16-32-30(36)26(18-22-10-7-6-8-11-22)33(20-23-12-9-13-24(31)17-23)29(35)21-34(41(4,37)38)25-14-15-27(39-2)28(19-25)40-3/h6-15,17,19,26H,5,16,18,20-21H2,1-4H3,(H,32,36)/t26-/m1/s1. The Hall–Kier alpha value is -3.76. The molecule has 0 aliphatic heterocycles. The Morgan fingerprint density at radius 3 is 2.22 bits per heavy atom. The third-order valence-electron chi connectivity index (χ3n) is 6.40. The summed E-state index contributed by atoms with van der Waals surface area (Å²) in [6, 6.07) is 20.0. The number of carbonyl (C=O) groups excluding carboxylic acids is 2. The average molecular weight is 602 g/mol. The first-order chi connectivity index (χ1) is 19.6. The van der Waals surface area contributed by atoms with Gasteiger partial charge in [-0.25, -0.2) is 8.42 Å². The van der Waals surface area contributed by atoms with Crippen LogP contribution < -0.4 is 19.1 Å². The number of nitrogens with one attached hydrogen (secondary N) is 1. The van der Waals surface area contributed by atoms with Crippen molar-refractivity contribution >= 4 is 39.1 Å². The quantitative estimate of drug-likeness (QED) is 0.296. The van der Waals surface area contributed by atoms with E-state index in [1.807, 2.05) is 37.3 Å². The highest BCUT2D eigenvalue weighted by Gasteiger charge is 2.33. The van der Waals surface area contributed by atoms with E-state index in [1.54, 1.807) is 30.3 Å². The lowest BCUT2D eigenvalue weighted by molar-refractivity contribution is -0.140. The molecule has 0 heterocycles. The van der Waals surface area contributed by atoms with Crippen molar-refractivity contribution < 1.29 is 27.5 Å². The van der Waals surface area contributed by atoms with Gasteiger partial charge in [0.15, 0.2) is 11.5 Å². The monoisotopic (exact) mass is 601 g/mol. The van der Waals surface area contributed by atoms with E-state index < -0.39 is 28.5 Å². The summed E-state index contributed by atoms with van der Waals surface area (Å²) < 4.78 is 37.6. The van der Waals surface area contributed by atoms with Gasteiger partial charge in [-0.3, -0.25) is 13.9 Å². The number of carbonyl (C=O) groups is 2. The predicted octanol–water partition coefficient (Wildman–Crippen LogP) is 4.29. The zero-order valence-corrected chi connectivity index (χ0v) is 25.2. The number of anilines is 1. The summed E-state index contributed by atoms with van der Waals surface area (Å²) in [5.74, 6) is -0.169. The van der Waals surface area contributed by atoms with E-state index in [1.165, 1.54) is 31.3 Å². The Balaban J connectivity index is 2.06. The molecule has 0 radical (unpaired) electrons. The fourth-order valence-electron chi connectivity index (χ4n) is 4.35. The van der Waals surface area contributed by atoms with Gasteiger partial charge in [-0.05, 0) is 41.8 Å². The number of amides is 2. The Morgan fingerprint density at radius 1 is 0.927 bits per heavy atom. The van der Waals surface area contributed by atoms with Gasteiger partial charge in [0.1, 0.15) is 12.6 Å². The molecule has 3 aromatic rings. The molecule has 0 aliphatic rings. The molecule has 2 amide bonds. The van der Waals surface area contributed by atoms with Crippen molar-refractivity contribution in [2.75, 3.05) is 37.9 Å². The Kier molecular flexibility index (Phi) is 11.4. The normalized spacial score (nSPS) is 11.8. The van der Waals surface area contributed by atoms with E-state index in [0.29, 0.717) is 35.1 Å². The Morgan fingerprint density at radius 2 is 1.61 bits per heavy atom. The second-order valence-corrected chi connectivity index (χ2v) is 11.8. The average Bonchev–Trinajstić information content (AvgIpc) is 2.95. The van der Waals surface area contributed by atoms with Crippen LogP contribution >= 0.6 is 11.6 Å². The highest BCUT2D eigenvalue weighted by molar-refractivity contribution is 7.92. The number of nitrogens with zero attached hydrogens (tertiary/aromatic N) is 2. The van der Waals surface area contributed by atoms with Gasteiger partial charge in [-0.15, -0.1) is 0 Å². The second-order valence-electron chi connectivity index (χ2n) is 9.46. The first kappa shape index (κ1) is 31.8. The second kappa shape index (κ2) is 14.7. The van der Waals surface area contributed by atoms with E-state index in [4.69, 9.17) is 21.1 Å². The molecule has 1 N–H and O–H groups in total. The highest BCUT2D eigenvalue weighted by atomic mass is 35.5. The SMILES string of the molecule is CCCNC(=O)[C@@H](Cc1ccccc1)N(Cc1cccc(Cl)c1)C(=O)CN(c1ccc(OC)c(OC)c1)S(C)(=O)=O. The number of methoxy groups -OCH3 is 2. The number of ether oxygens (including phenoxy) is 2. The number of rotatable bonds is 14. The van der Waals surface area contributed by atoms with Crippen molar-refractivity contribution in [1.29, 1.82) is 0 Å². The van der Waals surface area contributed by atoms with Crippen molar-refractivity contribution in [1.82, 2.24) is 10.2 Å². The van der Waals surface area contributed by atoms with Gasteiger partial charge in [0.2, 0.25) is 21.8 Å². The molecule has 1 atom stereocenters. The Labute approximate surface area is 247 Å². The summed E-state index contributed by atoms with van der Waals surface area (Å²) in [6.07, 6.45) is 1.97. The first-order valence-corrected chi connectivity index (χ1v) is 15.3. The van der Waals surface area contributed by atoms with Gasteiger partial charge < -0.3 is 19.7 Å². The van der Waals surface area contributed by atoms with Gasteiger partial charge >= 0.3 is 0 Å². The maximum Gasteiger partial charge on any atom is 0.244 e. The summed E-state index contributed by atoms with van der Waals surface area (Å²) in [6.45, 7) is 1.88. The minimum atomic E-state index is -3.92. The number of sulfonamides is 1. The zero-order chi connectivity index (χ0) is 30.0. The topological polar surface area (TPSA) is 105 Å². The maximum atomic E-state index is 14.1. The van der Waals surface area contributed by atoms with Crippen molar-refractivity contribution in [2.24, 2.45) is 0 Å². The summed E-state index contributed by atoms with van der Waals surface area (Å²) in [4.78, 5) is 29.0. The molecule has 0 unspecified atom stereocenters. The molecule has 0 aromatic heterocycles. The lowest BCUT2D eigenvalue weighted by Gasteiger charge is -2.33. The molecule has 41 heavy (non-hydrogen) atoms. The van der Waals surface area contributed by atoms with E-state index in [9.17, 15) is 18.0 Å². The largest absolute Gasteiger partial charge is 0.493 e. The van der Waals surface area contributed by atoms with E-state index >= 15 is 0 Å². The van der Waals surface area contributed by atoms with Crippen LogP contribution in [0.25, 0.3) is 0 Å². The molecule has 11 heteroatoms. The van der Waals surface area contributed by atoms with Crippen LogP contribution in [0.3, 0.4) is 0 Å². The van der Waals surface area contributed by atoms with Gasteiger partial charge in [-0.1, -0.05) is 61.0 Å². The molecule has 3 rings (SSSR count). The van der Waals surface area contributed by atoms with Gasteiger partial charge in [0.05, 0.1) is 26.2 Å². The van der Waals surface area contributed by atoms with E-state index in [-0.39, 0.29) is 24.6 Å². The van der Waals surface area contributed by atoms with Crippen LogP contribution in [-0.2, 0) is 32.6 Å². The third-order valence-corrected chi connectivity index (χ3v) is 7.77. The van der Waals surface area contributed by atoms with Gasteiger partial charge in [-0.2, -0.15) is 0 Å². The molecule has 9 nitrogen and oxygen atoms in total. The first-order valence-electron chi connectivity index (χ1n) is 13.1. The zero-order valence-electron chi connectivity index (χ0n) is 23.7. The minimum absolute atomic E-state index is 0.0416. The highest BCUT2D eigenvalue weighted by Crippen LogP contribution is 2.32. The minimum Gasteiger partial charge on any atom is -0.493 e. The van der Waals surface area contributed by atoms with Crippen molar-refractivity contribution in [3.05, 3.63) is 88.9 Å². The number of benzene rings is 3. The van der Waals surface area contributed by atoms with Crippen LogP contribution in [0.5, 0.6) is 11.5 Å². The molecule has 0 saturated carbocycles. The maximum absolute atomic E-state index is 14.1. The smallest absolute Gasteiger partial charge is 0.244 e. The van der Waals surface area contributed by atoms with Crippen LogP contribution in [0.1, 0.15) is 24.5 Å². The number of hydrogen-bond acceptors (Lipinski definition) is 6. The molecule has 220 valence electrons. The fraction of sp³-hybridized carbons (Fsp3) is 0.333.